The van der Waals surface area contributed by atoms with E-state index in [1.165, 1.54) is 17.8 Å². The summed E-state index contributed by atoms with van der Waals surface area (Å²) in [6, 6.07) is 4.33. The third-order valence-corrected chi connectivity index (χ3v) is 3.46. The Morgan fingerprint density at radius 2 is 2.05 bits per heavy atom. The van der Waals surface area contributed by atoms with Crippen LogP contribution in [0.15, 0.2) is 23.1 Å². The third-order valence-electron chi connectivity index (χ3n) is 2.49. The molecule has 2 N–H and O–H groups in total. The summed E-state index contributed by atoms with van der Waals surface area (Å²) in [6.07, 6.45) is -3.47. The summed E-state index contributed by atoms with van der Waals surface area (Å²) in [6.45, 7) is 2.82. The van der Waals surface area contributed by atoms with Crippen LogP contribution in [0.4, 0.5) is 13.2 Å². The summed E-state index contributed by atoms with van der Waals surface area (Å²) in [7, 11) is 0. The minimum absolute atomic E-state index is 0.0498. The Labute approximate surface area is 115 Å². The van der Waals surface area contributed by atoms with Crippen LogP contribution in [0.2, 0.25) is 0 Å². The van der Waals surface area contributed by atoms with Gasteiger partial charge in [-0.15, -0.1) is 11.8 Å². The van der Waals surface area contributed by atoms with E-state index in [1.54, 1.807) is 6.07 Å². The van der Waals surface area contributed by atoms with Gasteiger partial charge in [0.25, 0.3) is 0 Å². The van der Waals surface area contributed by atoms with Gasteiger partial charge < -0.3 is 10.4 Å². The molecule has 0 atom stereocenters. The maximum Gasteiger partial charge on any atom is 0.416 e. The van der Waals surface area contributed by atoms with E-state index in [0.29, 0.717) is 17.2 Å². The molecule has 0 amide bonds. The van der Waals surface area contributed by atoms with Crippen molar-refractivity contribution in [2.24, 2.45) is 0 Å². The number of alkyl halides is 3. The van der Waals surface area contributed by atoms with E-state index in [9.17, 15) is 13.2 Å². The molecule has 0 saturated carbocycles. The van der Waals surface area contributed by atoms with Gasteiger partial charge in [-0.2, -0.15) is 13.2 Å². The Balaban J connectivity index is 2.90. The van der Waals surface area contributed by atoms with Crippen molar-refractivity contribution in [2.75, 3.05) is 18.9 Å². The van der Waals surface area contributed by atoms with Gasteiger partial charge in [-0.25, -0.2) is 0 Å². The molecule has 0 unspecified atom stereocenters. The molecule has 19 heavy (non-hydrogen) atoms. The predicted molar refractivity (Wildman–Crippen MR) is 71.3 cm³/mol. The lowest BCUT2D eigenvalue weighted by atomic mass is 10.1. The van der Waals surface area contributed by atoms with Gasteiger partial charge in [-0.3, -0.25) is 0 Å². The molecular formula is C13H18F3NOS. The van der Waals surface area contributed by atoms with Crippen LogP contribution in [-0.2, 0) is 12.7 Å². The Hall–Kier alpha value is -0.720. The van der Waals surface area contributed by atoms with E-state index in [0.717, 1.165) is 12.5 Å². The molecule has 6 heteroatoms. The highest BCUT2D eigenvalue weighted by Gasteiger charge is 2.33. The molecule has 1 aromatic rings. The minimum atomic E-state index is -4.35. The fourth-order valence-electron chi connectivity index (χ4n) is 1.63. The topological polar surface area (TPSA) is 32.3 Å². The van der Waals surface area contributed by atoms with E-state index in [4.69, 9.17) is 5.11 Å². The number of halogens is 3. The summed E-state index contributed by atoms with van der Waals surface area (Å²) in [5.41, 5.74) is -0.339. The second-order valence-electron chi connectivity index (χ2n) is 4.07. The van der Waals surface area contributed by atoms with Crippen molar-refractivity contribution in [1.82, 2.24) is 5.32 Å². The smallest absolute Gasteiger partial charge is 0.396 e. The third kappa shape index (κ3) is 5.42. The zero-order chi connectivity index (χ0) is 14.3. The van der Waals surface area contributed by atoms with Gasteiger partial charge in [-0.05, 0) is 30.7 Å². The van der Waals surface area contributed by atoms with Crippen LogP contribution in [0.5, 0.6) is 0 Å². The average molecular weight is 293 g/mol. The lowest BCUT2D eigenvalue weighted by Gasteiger charge is -2.15. The largest absolute Gasteiger partial charge is 0.416 e. The maximum atomic E-state index is 13.0. The van der Waals surface area contributed by atoms with E-state index in [1.807, 2.05) is 6.92 Å². The molecule has 0 aliphatic carbocycles. The van der Waals surface area contributed by atoms with Crippen LogP contribution in [-0.4, -0.2) is 24.0 Å². The fourth-order valence-corrected chi connectivity index (χ4v) is 2.32. The first-order valence-electron chi connectivity index (χ1n) is 6.13. The molecule has 108 valence electrons. The van der Waals surface area contributed by atoms with Crippen molar-refractivity contribution >= 4 is 11.8 Å². The Morgan fingerprint density at radius 1 is 1.32 bits per heavy atom. The van der Waals surface area contributed by atoms with E-state index >= 15 is 0 Å². The second-order valence-corrected chi connectivity index (χ2v) is 5.23. The molecule has 0 aromatic heterocycles. The average Bonchev–Trinajstić information content (AvgIpc) is 2.36. The zero-order valence-corrected chi connectivity index (χ0v) is 11.6. The van der Waals surface area contributed by atoms with Crippen LogP contribution < -0.4 is 5.32 Å². The number of aliphatic hydroxyl groups is 1. The first kappa shape index (κ1) is 16.3. The molecule has 0 spiro atoms. The summed E-state index contributed by atoms with van der Waals surface area (Å²) in [4.78, 5) is 0.528. The number of hydrogen-bond donors (Lipinski definition) is 2. The number of rotatable bonds is 7. The molecule has 1 aromatic carbocycles. The standard InChI is InChI=1S/C13H18F3NOS/c1-2-5-17-9-10-3-4-11(19-7-6-18)8-12(10)13(14,15)16/h3-4,8,17-18H,2,5-7,9H2,1H3. The lowest BCUT2D eigenvalue weighted by Crippen LogP contribution is -2.18. The fraction of sp³-hybridized carbons (Fsp3) is 0.538. The van der Waals surface area contributed by atoms with Crippen LogP contribution in [0.25, 0.3) is 0 Å². The molecule has 0 aliphatic rings. The number of nitrogens with one attached hydrogen (secondary N) is 1. The molecule has 0 heterocycles. The number of hydrogen-bond acceptors (Lipinski definition) is 3. The Morgan fingerprint density at radius 3 is 2.63 bits per heavy atom. The molecule has 0 bridgehead atoms. The van der Waals surface area contributed by atoms with Crippen LogP contribution in [0.1, 0.15) is 24.5 Å². The SMILES string of the molecule is CCCNCc1ccc(SCCO)cc1C(F)(F)F. The lowest BCUT2D eigenvalue weighted by molar-refractivity contribution is -0.138. The zero-order valence-electron chi connectivity index (χ0n) is 10.8. The van der Waals surface area contributed by atoms with Crippen molar-refractivity contribution < 1.29 is 18.3 Å². The molecule has 0 radical (unpaired) electrons. The molecule has 0 aliphatic heterocycles. The highest BCUT2D eigenvalue weighted by molar-refractivity contribution is 7.99. The maximum absolute atomic E-state index is 13.0. The van der Waals surface area contributed by atoms with Gasteiger partial charge in [0.15, 0.2) is 0 Å². The van der Waals surface area contributed by atoms with Gasteiger partial charge >= 0.3 is 6.18 Å². The van der Waals surface area contributed by atoms with Crippen molar-refractivity contribution in [1.29, 1.82) is 0 Å². The summed E-state index contributed by atoms with van der Waals surface area (Å²) in [5, 5.41) is 11.7. The van der Waals surface area contributed by atoms with Gasteiger partial charge in [0.1, 0.15) is 0 Å². The minimum Gasteiger partial charge on any atom is -0.396 e. The Bertz CT molecular complexity index is 396. The molecule has 0 saturated heterocycles. The second kappa shape index (κ2) is 7.77. The number of aliphatic hydroxyl groups excluding tert-OH is 1. The molecular weight excluding hydrogens is 275 g/mol. The van der Waals surface area contributed by atoms with E-state index in [-0.39, 0.29) is 18.7 Å². The van der Waals surface area contributed by atoms with Crippen molar-refractivity contribution in [3.8, 4) is 0 Å². The monoisotopic (exact) mass is 293 g/mol. The molecule has 1 rings (SSSR count). The van der Waals surface area contributed by atoms with Gasteiger partial charge in [0, 0.05) is 17.2 Å². The van der Waals surface area contributed by atoms with Crippen LogP contribution in [0.3, 0.4) is 0 Å². The molecule has 2 nitrogen and oxygen atoms in total. The number of benzene rings is 1. The summed E-state index contributed by atoms with van der Waals surface area (Å²) in [5.74, 6) is 0.394. The van der Waals surface area contributed by atoms with Gasteiger partial charge in [0.2, 0.25) is 0 Å². The van der Waals surface area contributed by atoms with E-state index in [2.05, 4.69) is 5.32 Å². The summed E-state index contributed by atoms with van der Waals surface area (Å²) < 4.78 is 38.9. The van der Waals surface area contributed by atoms with Crippen molar-refractivity contribution in [2.45, 2.75) is 31.0 Å². The van der Waals surface area contributed by atoms with Crippen LogP contribution >= 0.6 is 11.8 Å². The Kier molecular flexibility index (Phi) is 6.68. The quantitative estimate of drug-likeness (QED) is 0.598. The summed E-state index contributed by atoms with van der Waals surface area (Å²) >= 11 is 1.22. The van der Waals surface area contributed by atoms with E-state index < -0.39 is 11.7 Å². The van der Waals surface area contributed by atoms with Gasteiger partial charge in [0.05, 0.1) is 12.2 Å². The first-order chi connectivity index (χ1) is 8.99. The van der Waals surface area contributed by atoms with Crippen molar-refractivity contribution in [3.63, 3.8) is 0 Å². The first-order valence-corrected chi connectivity index (χ1v) is 7.12. The van der Waals surface area contributed by atoms with Crippen LogP contribution in [0, 0.1) is 0 Å². The normalized spacial score (nSPS) is 11.8. The highest BCUT2D eigenvalue weighted by Crippen LogP contribution is 2.34. The predicted octanol–water partition coefficient (Wildman–Crippen LogP) is 3.29. The molecule has 0 fully saturated rings. The highest BCUT2D eigenvalue weighted by atomic mass is 32.2. The number of thioether (sulfide) groups is 1. The van der Waals surface area contributed by atoms with Crippen molar-refractivity contribution in [3.05, 3.63) is 29.3 Å². The van der Waals surface area contributed by atoms with Gasteiger partial charge in [-0.1, -0.05) is 13.0 Å².